The van der Waals surface area contributed by atoms with Gasteiger partial charge in [0.1, 0.15) is 6.61 Å². The number of unbranched alkanes of at least 4 members (excludes halogenated alkanes) is 16. The first-order chi connectivity index (χ1) is 14.8. The van der Waals surface area contributed by atoms with Gasteiger partial charge in [0.25, 0.3) is 0 Å². The van der Waals surface area contributed by atoms with Gasteiger partial charge in [-0.2, -0.15) is 0 Å². The Kier molecular flexibility index (Phi) is 25.4. The van der Waals surface area contributed by atoms with E-state index >= 15 is 0 Å². The van der Waals surface area contributed by atoms with Gasteiger partial charge in [0.15, 0.2) is 0 Å². The highest BCUT2D eigenvalue weighted by molar-refractivity contribution is 5.56. The highest BCUT2D eigenvalue weighted by atomic mass is 16.6. The van der Waals surface area contributed by atoms with Crippen LogP contribution in [0.4, 0.5) is 0 Å². The minimum Gasteiger partial charge on any atom is -0.396 e. The molecule has 4 nitrogen and oxygen atoms in total. The number of hydrogen-bond donors (Lipinski definition) is 2. The first-order valence-corrected chi connectivity index (χ1v) is 13.1. The van der Waals surface area contributed by atoms with Gasteiger partial charge in [-0.3, -0.25) is 0 Å². The zero-order valence-corrected chi connectivity index (χ0v) is 20.1. The Morgan fingerprint density at radius 3 is 1.80 bits per heavy atom. The van der Waals surface area contributed by atoms with Crippen molar-refractivity contribution in [2.24, 2.45) is 5.16 Å². The Morgan fingerprint density at radius 1 is 0.700 bits per heavy atom. The van der Waals surface area contributed by atoms with Crippen molar-refractivity contribution in [3.63, 3.8) is 0 Å². The van der Waals surface area contributed by atoms with Crippen LogP contribution in [0.5, 0.6) is 0 Å². The summed E-state index contributed by atoms with van der Waals surface area (Å²) in [5, 5.41) is 21.1. The molecule has 0 rings (SSSR count). The van der Waals surface area contributed by atoms with Crippen molar-refractivity contribution in [1.82, 2.24) is 0 Å². The molecule has 0 spiro atoms. The number of oxime groups is 1. The Hall–Kier alpha value is -0.900. The van der Waals surface area contributed by atoms with Crippen LogP contribution >= 0.6 is 0 Å². The van der Waals surface area contributed by atoms with Crippen LogP contribution in [0.15, 0.2) is 5.16 Å². The summed E-state index contributed by atoms with van der Waals surface area (Å²) in [5.41, 5.74) is 0. The lowest BCUT2D eigenvalue weighted by Gasteiger charge is -2.10. The normalized spacial score (nSPS) is 12.5. The van der Waals surface area contributed by atoms with E-state index in [-0.39, 0.29) is 6.10 Å². The minimum atomic E-state index is -0.0919. The maximum absolute atomic E-state index is 10.1. The lowest BCUT2D eigenvalue weighted by atomic mass is 10.0. The molecule has 0 aliphatic carbocycles. The maximum atomic E-state index is 10.1. The Labute approximate surface area is 187 Å². The molecule has 0 fully saturated rings. The Balaban J connectivity index is 3.19. The molecule has 1 unspecified atom stereocenters. The highest BCUT2D eigenvalue weighted by Crippen LogP contribution is 2.14. The summed E-state index contributed by atoms with van der Waals surface area (Å²) in [5.74, 6) is 0. The zero-order chi connectivity index (χ0) is 22.0. The first kappa shape index (κ1) is 29.1. The molecular formula is C26H52N2O2. The second-order valence-corrected chi connectivity index (χ2v) is 8.79. The summed E-state index contributed by atoms with van der Waals surface area (Å²) in [7, 11) is 0. The smallest absolute Gasteiger partial charge is 0.117 e. The lowest BCUT2D eigenvalue weighted by Crippen LogP contribution is -2.05. The quantitative estimate of drug-likeness (QED) is 0.0880. The third kappa shape index (κ3) is 25.1. The highest BCUT2D eigenvalue weighted by Gasteiger charge is 2.03. The molecule has 178 valence electrons. The van der Waals surface area contributed by atoms with Crippen molar-refractivity contribution in [2.75, 3.05) is 6.61 Å². The summed E-state index contributed by atoms with van der Waals surface area (Å²) in [6.45, 7) is 3.00. The summed E-state index contributed by atoms with van der Waals surface area (Å²) >= 11 is 0. The lowest BCUT2D eigenvalue weighted by molar-refractivity contribution is 0.140. The molecule has 0 aliphatic rings. The topological polar surface area (TPSA) is 65.7 Å². The van der Waals surface area contributed by atoms with Crippen molar-refractivity contribution in [3.05, 3.63) is 0 Å². The first-order valence-electron chi connectivity index (χ1n) is 13.1. The molecule has 0 heterocycles. The van der Waals surface area contributed by atoms with Crippen LogP contribution < -0.4 is 0 Å². The van der Waals surface area contributed by atoms with E-state index in [2.05, 4.69) is 12.1 Å². The van der Waals surface area contributed by atoms with Crippen molar-refractivity contribution in [2.45, 2.75) is 148 Å². The average Bonchev–Trinajstić information content (AvgIpc) is 2.75. The molecule has 0 bridgehead atoms. The van der Waals surface area contributed by atoms with Gasteiger partial charge >= 0.3 is 0 Å². The van der Waals surface area contributed by atoms with Crippen LogP contribution in [0, 0.1) is 5.41 Å². The molecule has 0 saturated carbocycles. The number of aliphatic hydroxyl groups is 1. The number of hydrogen-bond acceptors (Lipinski definition) is 4. The standard InChI is InChI=1S/C26H52N2O2/c1-2-3-4-15-20-25-30-28-24-19-14-10-6-8-12-17-22-26(29)21-16-11-7-5-9-13-18-23-27/h23-24,26-27,29H,2-22,25H2,1H3/b27-23?,28-24+. The van der Waals surface area contributed by atoms with Gasteiger partial charge in [-0.15, -0.1) is 0 Å². The summed E-state index contributed by atoms with van der Waals surface area (Å²) in [6.07, 6.45) is 28.4. The minimum absolute atomic E-state index is 0.0919. The van der Waals surface area contributed by atoms with Crippen LogP contribution in [0.25, 0.3) is 0 Å². The summed E-state index contributed by atoms with van der Waals surface area (Å²) in [4.78, 5) is 5.30. The van der Waals surface area contributed by atoms with E-state index in [0.29, 0.717) is 0 Å². The van der Waals surface area contributed by atoms with Crippen molar-refractivity contribution >= 4 is 12.4 Å². The Bertz CT molecular complexity index is 361. The monoisotopic (exact) mass is 424 g/mol. The second kappa shape index (κ2) is 26.1. The molecule has 0 radical (unpaired) electrons. The van der Waals surface area contributed by atoms with Gasteiger partial charge in [0, 0.05) is 6.21 Å². The number of nitrogens with zero attached hydrogens (tertiary/aromatic N) is 1. The number of nitrogens with one attached hydrogen (secondary N) is 1. The van der Waals surface area contributed by atoms with Gasteiger partial charge in [-0.1, -0.05) is 95.6 Å². The fraction of sp³-hybridized carbons (Fsp3) is 0.923. The molecule has 4 heteroatoms. The van der Waals surface area contributed by atoms with Crippen molar-refractivity contribution < 1.29 is 9.94 Å². The largest absolute Gasteiger partial charge is 0.396 e. The van der Waals surface area contributed by atoms with Crippen LogP contribution in [0.3, 0.4) is 0 Å². The fourth-order valence-corrected chi connectivity index (χ4v) is 3.73. The van der Waals surface area contributed by atoms with E-state index in [0.717, 1.165) is 51.6 Å². The van der Waals surface area contributed by atoms with Crippen LogP contribution in [0.2, 0.25) is 0 Å². The number of aliphatic hydroxyl groups excluding tert-OH is 1. The average molecular weight is 425 g/mol. The molecule has 0 aromatic heterocycles. The van der Waals surface area contributed by atoms with Gasteiger partial charge < -0.3 is 15.4 Å². The predicted molar refractivity (Wildman–Crippen MR) is 132 cm³/mol. The maximum Gasteiger partial charge on any atom is 0.117 e. The molecule has 0 aromatic rings. The third-order valence-electron chi connectivity index (χ3n) is 5.74. The van der Waals surface area contributed by atoms with Crippen LogP contribution in [-0.2, 0) is 4.84 Å². The molecule has 1 atom stereocenters. The van der Waals surface area contributed by atoms with E-state index in [9.17, 15) is 5.11 Å². The molecule has 30 heavy (non-hydrogen) atoms. The molecule has 0 aromatic carbocycles. The molecule has 0 saturated heterocycles. The fourth-order valence-electron chi connectivity index (χ4n) is 3.73. The van der Waals surface area contributed by atoms with Gasteiger partial charge in [-0.05, 0) is 57.6 Å². The van der Waals surface area contributed by atoms with E-state index in [1.807, 2.05) is 6.21 Å². The zero-order valence-electron chi connectivity index (χ0n) is 20.1. The van der Waals surface area contributed by atoms with E-state index in [1.54, 1.807) is 0 Å². The molecular weight excluding hydrogens is 372 g/mol. The SMILES string of the molecule is CCCCCCCO/N=C/CCCCCCCCC(O)CCCCCCCCC=N. The molecule has 0 aliphatic heterocycles. The van der Waals surface area contributed by atoms with Crippen molar-refractivity contribution in [1.29, 1.82) is 5.41 Å². The third-order valence-corrected chi connectivity index (χ3v) is 5.74. The second-order valence-electron chi connectivity index (χ2n) is 8.79. The summed E-state index contributed by atoms with van der Waals surface area (Å²) < 4.78 is 0. The van der Waals surface area contributed by atoms with Gasteiger partial charge in [0.05, 0.1) is 6.10 Å². The van der Waals surface area contributed by atoms with Crippen molar-refractivity contribution in [3.8, 4) is 0 Å². The van der Waals surface area contributed by atoms with E-state index < -0.39 is 0 Å². The van der Waals surface area contributed by atoms with Crippen LogP contribution in [-0.4, -0.2) is 30.2 Å². The van der Waals surface area contributed by atoms with Gasteiger partial charge in [0.2, 0.25) is 0 Å². The Morgan fingerprint density at radius 2 is 1.20 bits per heavy atom. The predicted octanol–water partition coefficient (Wildman–Crippen LogP) is 8.21. The van der Waals surface area contributed by atoms with E-state index in [1.165, 1.54) is 96.1 Å². The molecule has 2 N–H and O–H groups in total. The summed E-state index contributed by atoms with van der Waals surface area (Å²) in [6, 6.07) is 0. The van der Waals surface area contributed by atoms with Gasteiger partial charge in [-0.25, -0.2) is 0 Å². The molecule has 0 amide bonds. The number of rotatable bonds is 25. The van der Waals surface area contributed by atoms with Crippen LogP contribution in [0.1, 0.15) is 142 Å². The van der Waals surface area contributed by atoms with E-state index in [4.69, 9.17) is 10.2 Å².